The van der Waals surface area contributed by atoms with Crippen molar-refractivity contribution in [3.63, 3.8) is 0 Å². The second-order valence-electron chi connectivity index (χ2n) is 8.93. The van der Waals surface area contributed by atoms with Crippen LogP contribution in [-0.4, -0.2) is 53.7 Å². The molecule has 0 spiro atoms. The Kier molecular flexibility index (Phi) is 7.30. The molecule has 2 aromatic carbocycles. The number of carbonyl (C=O) groups excluding carboxylic acids is 2. The summed E-state index contributed by atoms with van der Waals surface area (Å²) in [4.78, 5) is 37.7. The van der Waals surface area contributed by atoms with Gasteiger partial charge in [0.15, 0.2) is 0 Å². The third-order valence-corrected chi connectivity index (χ3v) is 6.77. The van der Waals surface area contributed by atoms with Crippen molar-refractivity contribution in [1.29, 1.82) is 0 Å². The average Bonchev–Trinajstić information content (AvgIpc) is 3.39. The Hall–Kier alpha value is -3.61. The zero-order valence-electron chi connectivity index (χ0n) is 19.1. The summed E-state index contributed by atoms with van der Waals surface area (Å²) in [6.07, 6.45) is 3.68. The van der Waals surface area contributed by atoms with E-state index in [4.69, 9.17) is 9.84 Å². The molecule has 1 fully saturated rings. The van der Waals surface area contributed by atoms with Crippen LogP contribution in [0.1, 0.15) is 42.7 Å². The summed E-state index contributed by atoms with van der Waals surface area (Å²) >= 11 is 0. The second-order valence-corrected chi connectivity index (χ2v) is 8.93. The molecular formula is C27H30N2O5. The van der Waals surface area contributed by atoms with E-state index in [1.165, 1.54) is 22.1 Å². The first-order chi connectivity index (χ1) is 16.5. The molecule has 0 aliphatic heterocycles. The van der Waals surface area contributed by atoms with Crippen LogP contribution in [0.25, 0.3) is 11.1 Å². The summed E-state index contributed by atoms with van der Waals surface area (Å²) in [6.45, 7) is 3.66. The zero-order chi connectivity index (χ0) is 24.1. The van der Waals surface area contributed by atoms with E-state index in [9.17, 15) is 14.4 Å². The monoisotopic (exact) mass is 462 g/mol. The maximum Gasteiger partial charge on any atom is 0.407 e. The Bertz CT molecular complexity index is 1040. The van der Waals surface area contributed by atoms with Crippen LogP contribution in [0.4, 0.5) is 4.79 Å². The molecule has 34 heavy (non-hydrogen) atoms. The van der Waals surface area contributed by atoms with Crippen molar-refractivity contribution in [3.05, 3.63) is 72.3 Å². The average molecular weight is 463 g/mol. The van der Waals surface area contributed by atoms with Gasteiger partial charge in [-0.1, -0.05) is 61.0 Å². The summed E-state index contributed by atoms with van der Waals surface area (Å²) in [5.41, 5.74) is 4.65. The molecule has 0 aromatic heterocycles. The second kappa shape index (κ2) is 10.5. The Morgan fingerprint density at radius 1 is 1.06 bits per heavy atom. The predicted octanol–water partition coefficient (Wildman–Crippen LogP) is 4.18. The summed E-state index contributed by atoms with van der Waals surface area (Å²) in [7, 11) is 0. The molecule has 2 unspecified atom stereocenters. The molecule has 2 aromatic rings. The van der Waals surface area contributed by atoms with Crippen LogP contribution in [-0.2, 0) is 14.3 Å². The van der Waals surface area contributed by atoms with Crippen LogP contribution in [0, 0.1) is 5.92 Å². The molecule has 2 atom stereocenters. The lowest BCUT2D eigenvalue weighted by Gasteiger charge is -2.24. The molecular weight excluding hydrogens is 432 g/mol. The SMILES string of the molecule is C=CCN(CC(=O)O)C(=O)CC1CCCC1NC(=O)OCC1c2ccccc2-c2ccccc21. The van der Waals surface area contributed by atoms with Gasteiger partial charge in [-0.05, 0) is 41.0 Å². The Morgan fingerprint density at radius 3 is 2.32 bits per heavy atom. The van der Waals surface area contributed by atoms with Crippen LogP contribution < -0.4 is 5.32 Å². The van der Waals surface area contributed by atoms with E-state index >= 15 is 0 Å². The highest BCUT2D eigenvalue weighted by molar-refractivity contribution is 5.82. The van der Waals surface area contributed by atoms with E-state index < -0.39 is 12.1 Å². The van der Waals surface area contributed by atoms with Gasteiger partial charge in [0.2, 0.25) is 5.91 Å². The number of carbonyl (C=O) groups is 3. The van der Waals surface area contributed by atoms with Crippen molar-refractivity contribution in [2.45, 2.75) is 37.6 Å². The number of ether oxygens (including phenoxy) is 1. The summed E-state index contributed by atoms with van der Waals surface area (Å²) < 4.78 is 5.66. The topological polar surface area (TPSA) is 95.9 Å². The van der Waals surface area contributed by atoms with Gasteiger partial charge in [-0.3, -0.25) is 9.59 Å². The van der Waals surface area contributed by atoms with E-state index in [0.717, 1.165) is 30.4 Å². The standard InChI is InChI=1S/C27H30N2O5/c1-2-14-29(16-26(31)32)25(30)15-18-8-7-13-24(18)28-27(33)34-17-23-21-11-5-3-9-19(21)20-10-4-6-12-22(20)23/h2-6,9-12,18,23-24H,1,7-8,13-17H2,(H,28,33)(H,31,32). The maximum absolute atomic E-state index is 12.7. The van der Waals surface area contributed by atoms with E-state index in [1.54, 1.807) is 0 Å². The molecule has 2 aliphatic rings. The number of hydrogen-bond acceptors (Lipinski definition) is 4. The van der Waals surface area contributed by atoms with Crippen molar-refractivity contribution >= 4 is 18.0 Å². The van der Waals surface area contributed by atoms with Gasteiger partial charge in [0.25, 0.3) is 0 Å². The number of rotatable bonds is 9. The minimum absolute atomic E-state index is 0.0115. The predicted molar refractivity (Wildman–Crippen MR) is 128 cm³/mol. The summed E-state index contributed by atoms with van der Waals surface area (Å²) in [6, 6.07) is 16.2. The van der Waals surface area contributed by atoms with Crippen LogP contribution in [0.3, 0.4) is 0 Å². The van der Waals surface area contributed by atoms with Crippen molar-refractivity contribution in [2.75, 3.05) is 19.7 Å². The fourth-order valence-corrected chi connectivity index (χ4v) is 5.19. The zero-order valence-corrected chi connectivity index (χ0v) is 19.1. The van der Waals surface area contributed by atoms with E-state index in [-0.39, 0.29) is 49.9 Å². The molecule has 1 saturated carbocycles. The minimum atomic E-state index is -1.06. The molecule has 0 bridgehead atoms. The van der Waals surface area contributed by atoms with Gasteiger partial charge in [-0.2, -0.15) is 0 Å². The number of nitrogens with zero attached hydrogens (tertiary/aromatic N) is 1. The number of benzene rings is 2. The van der Waals surface area contributed by atoms with E-state index in [2.05, 4.69) is 36.2 Å². The van der Waals surface area contributed by atoms with Crippen LogP contribution in [0.5, 0.6) is 0 Å². The number of amides is 2. The quantitative estimate of drug-likeness (QED) is 0.545. The van der Waals surface area contributed by atoms with Crippen molar-refractivity contribution in [3.8, 4) is 11.1 Å². The fraction of sp³-hybridized carbons (Fsp3) is 0.370. The molecule has 2 aliphatic carbocycles. The molecule has 178 valence electrons. The highest BCUT2D eigenvalue weighted by atomic mass is 16.5. The Balaban J connectivity index is 1.34. The fourth-order valence-electron chi connectivity index (χ4n) is 5.19. The first kappa shape index (κ1) is 23.5. The summed E-state index contributed by atoms with van der Waals surface area (Å²) in [5, 5.41) is 12.0. The molecule has 7 heteroatoms. The Labute approximate surface area is 199 Å². The lowest BCUT2D eigenvalue weighted by atomic mass is 9.98. The van der Waals surface area contributed by atoms with Crippen LogP contribution in [0.2, 0.25) is 0 Å². The number of fused-ring (bicyclic) bond motifs is 3. The number of carboxylic acid groups (broad SMARTS) is 1. The van der Waals surface area contributed by atoms with Crippen LogP contribution >= 0.6 is 0 Å². The van der Waals surface area contributed by atoms with Gasteiger partial charge < -0.3 is 20.1 Å². The van der Waals surface area contributed by atoms with Crippen LogP contribution in [0.15, 0.2) is 61.2 Å². The van der Waals surface area contributed by atoms with Gasteiger partial charge in [-0.15, -0.1) is 6.58 Å². The number of hydrogen-bond donors (Lipinski definition) is 2. The normalized spacial score (nSPS) is 18.6. The number of alkyl carbamates (subject to hydrolysis) is 1. The van der Waals surface area contributed by atoms with Gasteiger partial charge in [0.1, 0.15) is 13.2 Å². The third-order valence-electron chi connectivity index (χ3n) is 6.77. The van der Waals surface area contributed by atoms with E-state index in [0.29, 0.717) is 0 Å². The smallest absolute Gasteiger partial charge is 0.407 e. The highest BCUT2D eigenvalue weighted by Gasteiger charge is 2.33. The largest absolute Gasteiger partial charge is 0.480 e. The van der Waals surface area contributed by atoms with Gasteiger partial charge in [0, 0.05) is 24.9 Å². The van der Waals surface area contributed by atoms with E-state index in [1.807, 2.05) is 24.3 Å². The lowest BCUT2D eigenvalue weighted by molar-refractivity contribution is -0.144. The molecule has 2 N–H and O–H groups in total. The number of aliphatic carboxylic acids is 1. The highest BCUT2D eigenvalue weighted by Crippen LogP contribution is 2.44. The third kappa shape index (κ3) is 5.14. The Morgan fingerprint density at radius 2 is 1.71 bits per heavy atom. The molecule has 7 nitrogen and oxygen atoms in total. The molecule has 0 radical (unpaired) electrons. The van der Waals surface area contributed by atoms with Crippen molar-refractivity contribution < 1.29 is 24.2 Å². The van der Waals surface area contributed by atoms with Crippen molar-refractivity contribution in [1.82, 2.24) is 10.2 Å². The minimum Gasteiger partial charge on any atom is -0.480 e. The molecule has 4 rings (SSSR count). The van der Waals surface area contributed by atoms with Gasteiger partial charge in [0.05, 0.1) is 0 Å². The maximum atomic E-state index is 12.7. The van der Waals surface area contributed by atoms with Gasteiger partial charge >= 0.3 is 12.1 Å². The number of carboxylic acids is 1. The van der Waals surface area contributed by atoms with Gasteiger partial charge in [-0.25, -0.2) is 4.79 Å². The summed E-state index contributed by atoms with van der Waals surface area (Å²) in [5.74, 6) is -1.36. The first-order valence-corrected chi connectivity index (χ1v) is 11.7. The molecule has 0 heterocycles. The molecule has 2 amide bonds. The number of nitrogens with one attached hydrogen (secondary N) is 1. The molecule has 0 saturated heterocycles. The lowest BCUT2D eigenvalue weighted by Crippen LogP contribution is -2.42. The van der Waals surface area contributed by atoms with Crippen molar-refractivity contribution in [2.24, 2.45) is 5.92 Å². The first-order valence-electron chi connectivity index (χ1n) is 11.7.